The fourth-order valence-corrected chi connectivity index (χ4v) is 2.98. The van der Waals surface area contributed by atoms with E-state index in [4.69, 9.17) is 15.2 Å². The summed E-state index contributed by atoms with van der Waals surface area (Å²) < 4.78 is 11.1. The summed E-state index contributed by atoms with van der Waals surface area (Å²) in [7, 11) is 0. The van der Waals surface area contributed by atoms with Crippen LogP contribution in [0.1, 0.15) is 42.9 Å². The second-order valence-electron chi connectivity index (χ2n) is 7.61. The van der Waals surface area contributed by atoms with Crippen molar-refractivity contribution in [1.29, 1.82) is 0 Å². The summed E-state index contributed by atoms with van der Waals surface area (Å²) in [5, 5.41) is 2.50. The maximum atomic E-state index is 12.3. The predicted octanol–water partition coefficient (Wildman–Crippen LogP) is 2.33. The zero-order chi connectivity index (χ0) is 20.2. The number of ether oxygens (including phenoxy) is 2. The highest BCUT2D eigenvalue weighted by atomic mass is 16.6. The summed E-state index contributed by atoms with van der Waals surface area (Å²) >= 11 is 0. The Morgan fingerprint density at radius 3 is 2.59 bits per heavy atom. The molecule has 4 rings (SSSR count). The van der Waals surface area contributed by atoms with Crippen molar-refractivity contribution in [3.63, 3.8) is 0 Å². The minimum atomic E-state index is -0.894. The predicted molar refractivity (Wildman–Crippen MR) is 105 cm³/mol. The number of carbonyl (C=O) groups excluding carboxylic acids is 2. The third kappa shape index (κ3) is 5.43. The van der Waals surface area contributed by atoms with E-state index in [0.717, 1.165) is 24.1 Å². The summed E-state index contributed by atoms with van der Waals surface area (Å²) in [5.74, 6) is 0.756. The Kier molecular flexibility index (Phi) is 5.59. The van der Waals surface area contributed by atoms with Gasteiger partial charge in [-0.05, 0) is 37.2 Å². The van der Waals surface area contributed by atoms with Gasteiger partial charge in [0, 0.05) is 12.3 Å². The minimum absolute atomic E-state index is 0.0284. The molecule has 0 spiro atoms. The van der Waals surface area contributed by atoms with E-state index in [1.807, 2.05) is 30.3 Å². The SMILES string of the molecule is NC(=O)[C@H](Cc1ccccc1)NC(=O)Oc1cnc(C2CC2)c(OCC2CC2)n1. The van der Waals surface area contributed by atoms with Crippen LogP contribution in [0.15, 0.2) is 36.5 Å². The Hall–Kier alpha value is -3.16. The van der Waals surface area contributed by atoms with Gasteiger partial charge in [0.1, 0.15) is 11.7 Å². The second kappa shape index (κ2) is 8.46. The molecule has 2 fully saturated rings. The molecule has 3 N–H and O–H groups in total. The molecule has 1 heterocycles. The number of hydrogen-bond acceptors (Lipinski definition) is 6. The van der Waals surface area contributed by atoms with E-state index in [0.29, 0.717) is 24.3 Å². The first-order chi connectivity index (χ1) is 14.1. The van der Waals surface area contributed by atoms with E-state index in [2.05, 4.69) is 15.3 Å². The largest absolute Gasteiger partial charge is 0.476 e. The average Bonchev–Trinajstić information content (AvgIpc) is 3.61. The number of carbonyl (C=O) groups is 2. The maximum Gasteiger partial charge on any atom is 0.414 e. The van der Waals surface area contributed by atoms with Gasteiger partial charge in [-0.2, -0.15) is 4.98 Å². The van der Waals surface area contributed by atoms with Crippen molar-refractivity contribution >= 4 is 12.0 Å². The molecule has 0 radical (unpaired) electrons. The van der Waals surface area contributed by atoms with Crippen molar-refractivity contribution in [2.75, 3.05) is 6.61 Å². The van der Waals surface area contributed by atoms with Crippen LogP contribution < -0.4 is 20.5 Å². The van der Waals surface area contributed by atoms with Gasteiger partial charge in [0.15, 0.2) is 0 Å². The van der Waals surface area contributed by atoms with Crippen LogP contribution in [0.5, 0.6) is 11.8 Å². The van der Waals surface area contributed by atoms with Crippen LogP contribution in [0.25, 0.3) is 0 Å². The molecule has 0 unspecified atom stereocenters. The Bertz CT molecular complexity index is 882. The molecule has 2 saturated carbocycles. The zero-order valence-electron chi connectivity index (χ0n) is 16.0. The first kappa shape index (κ1) is 19.2. The van der Waals surface area contributed by atoms with Crippen LogP contribution >= 0.6 is 0 Å². The molecule has 29 heavy (non-hydrogen) atoms. The molecule has 0 saturated heterocycles. The Balaban J connectivity index is 1.39. The van der Waals surface area contributed by atoms with Crippen LogP contribution in [0.2, 0.25) is 0 Å². The van der Waals surface area contributed by atoms with Gasteiger partial charge in [-0.15, -0.1) is 0 Å². The van der Waals surface area contributed by atoms with Crippen LogP contribution in [0, 0.1) is 5.92 Å². The smallest absolute Gasteiger partial charge is 0.414 e. The Labute approximate surface area is 168 Å². The third-order valence-corrected chi connectivity index (χ3v) is 4.98. The first-order valence-electron chi connectivity index (χ1n) is 9.90. The Morgan fingerprint density at radius 2 is 1.93 bits per heavy atom. The molecule has 8 nitrogen and oxygen atoms in total. The number of rotatable bonds is 9. The van der Waals surface area contributed by atoms with Crippen LogP contribution in [-0.2, 0) is 11.2 Å². The van der Waals surface area contributed by atoms with E-state index in [1.165, 1.54) is 19.0 Å². The highest BCUT2D eigenvalue weighted by molar-refractivity contribution is 5.85. The standard InChI is InChI=1S/C21H24N4O4/c22-19(26)16(10-13-4-2-1-3-5-13)24-21(27)29-17-11-23-18(15-8-9-15)20(25-17)28-12-14-6-7-14/h1-5,11,14-16H,6-10,12H2,(H2,22,26)(H,24,27)/t16-/m0/s1. The minimum Gasteiger partial charge on any atom is -0.476 e. The van der Waals surface area contributed by atoms with Gasteiger partial charge in [0.25, 0.3) is 0 Å². The first-order valence-corrected chi connectivity index (χ1v) is 9.90. The normalized spacial score (nSPS) is 16.7. The van der Waals surface area contributed by atoms with Crippen LogP contribution in [0.3, 0.4) is 0 Å². The highest BCUT2D eigenvalue weighted by Crippen LogP contribution is 2.43. The lowest BCUT2D eigenvalue weighted by atomic mass is 10.1. The summed E-state index contributed by atoms with van der Waals surface area (Å²) in [6.07, 6.45) is 5.33. The lowest BCUT2D eigenvalue weighted by molar-refractivity contribution is -0.119. The number of nitrogens with two attached hydrogens (primary N) is 1. The number of benzene rings is 1. The molecule has 0 aliphatic heterocycles. The van der Waals surface area contributed by atoms with E-state index < -0.39 is 18.0 Å². The molecule has 1 aromatic heterocycles. The maximum absolute atomic E-state index is 12.3. The van der Waals surface area contributed by atoms with Crippen molar-refractivity contribution < 1.29 is 19.1 Å². The van der Waals surface area contributed by atoms with Gasteiger partial charge in [-0.25, -0.2) is 9.78 Å². The highest BCUT2D eigenvalue weighted by Gasteiger charge is 2.31. The zero-order valence-corrected chi connectivity index (χ0v) is 16.0. The van der Waals surface area contributed by atoms with E-state index in [1.54, 1.807) is 0 Å². The van der Waals surface area contributed by atoms with Crippen molar-refractivity contribution in [2.24, 2.45) is 11.7 Å². The van der Waals surface area contributed by atoms with Crippen molar-refractivity contribution in [3.8, 4) is 11.8 Å². The quantitative estimate of drug-likeness (QED) is 0.672. The Morgan fingerprint density at radius 1 is 1.17 bits per heavy atom. The lowest BCUT2D eigenvalue weighted by Gasteiger charge is -2.15. The average molecular weight is 396 g/mol. The van der Waals surface area contributed by atoms with Crippen molar-refractivity contribution in [2.45, 2.75) is 44.1 Å². The van der Waals surface area contributed by atoms with Crippen molar-refractivity contribution in [3.05, 3.63) is 47.8 Å². The lowest BCUT2D eigenvalue weighted by Crippen LogP contribution is -2.47. The second-order valence-corrected chi connectivity index (χ2v) is 7.61. The van der Waals surface area contributed by atoms with Gasteiger partial charge < -0.3 is 20.5 Å². The molecular formula is C21H24N4O4. The summed E-state index contributed by atoms with van der Waals surface area (Å²) in [6.45, 7) is 0.602. The summed E-state index contributed by atoms with van der Waals surface area (Å²) in [4.78, 5) is 32.7. The van der Waals surface area contributed by atoms with Crippen molar-refractivity contribution in [1.82, 2.24) is 15.3 Å². The fraction of sp³-hybridized carbons (Fsp3) is 0.429. The molecule has 0 bridgehead atoms. The van der Waals surface area contributed by atoms with E-state index >= 15 is 0 Å². The number of primary amides is 1. The summed E-state index contributed by atoms with van der Waals surface area (Å²) in [5.41, 5.74) is 7.12. The molecule has 1 aromatic carbocycles. The molecule has 2 aromatic rings. The van der Waals surface area contributed by atoms with Gasteiger partial charge in [0.05, 0.1) is 12.8 Å². The number of aromatic nitrogens is 2. The molecular weight excluding hydrogens is 372 g/mol. The van der Waals surface area contributed by atoms with Crippen LogP contribution in [-0.4, -0.2) is 34.6 Å². The van der Waals surface area contributed by atoms with E-state index in [-0.39, 0.29) is 12.3 Å². The number of nitrogens with zero attached hydrogens (tertiary/aromatic N) is 2. The molecule has 152 valence electrons. The molecule has 2 aliphatic rings. The van der Waals surface area contributed by atoms with E-state index in [9.17, 15) is 9.59 Å². The summed E-state index contributed by atoms with van der Waals surface area (Å²) in [6, 6.07) is 8.40. The van der Waals surface area contributed by atoms with Crippen LogP contribution in [0.4, 0.5) is 4.79 Å². The third-order valence-electron chi connectivity index (χ3n) is 4.98. The number of nitrogens with one attached hydrogen (secondary N) is 1. The molecule has 2 amide bonds. The number of amides is 2. The van der Waals surface area contributed by atoms with Gasteiger partial charge >= 0.3 is 6.09 Å². The number of hydrogen-bond donors (Lipinski definition) is 2. The monoisotopic (exact) mass is 396 g/mol. The molecule has 2 aliphatic carbocycles. The molecule has 1 atom stereocenters. The topological polar surface area (TPSA) is 116 Å². The van der Waals surface area contributed by atoms with Gasteiger partial charge in [0.2, 0.25) is 17.7 Å². The van der Waals surface area contributed by atoms with Gasteiger partial charge in [-0.3, -0.25) is 4.79 Å². The molecule has 8 heteroatoms. The fourth-order valence-electron chi connectivity index (χ4n) is 2.98. The van der Waals surface area contributed by atoms with Gasteiger partial charge in [-0.1, -0.05) is 30.3 Å².